The van der Waals surface area contributed by atoms with Gasteiger partial charge in [0.15, 0.2) is 0 Å². The van der Waals surface area contributed by atoms with Crippen LogP contribution in [0.25, 0.3) is 0 Å². The number of halogens is 1. The van der Waals surface area contributed by atoms with Gasteiger partial charge in [-0.1, -0.05) is 45.0 Å². The van der Waals surface area contributed by atoms with Gasteiger partial charge < -0.3 is 20.4 Å². The molecule has 4 aliphatic heterocycles. The fourth-order valence-corrected chi connectivity index (χ4v) is 11.9. The molecule has 0 saturated carbocycles. The number of anilines is 2. The second-order valence-corrected chi connectivity index (χ2v) is 19.0. The molecule has 8 rings (SSSR count). The number of hydrogen-bond donors (Lipinski definition) is 2. The molecule has 8 nitrogen and oxygen atoms in total. The Bertz CT molecular complexity index is 2160. The summed E-state index contributed by atoms with van der Waals surface area (Å²) in [4.78, 5) is 5.63. The first-order chi connectivity index (χ1) is 24.8. The van der Waals surface area contributed by atoms with Crippen LogP contribution in [0.5, 0.6) is 0 Å². The summed E-state index contributed by atoms with van der Waals surface area (Å²) in [5.41, 5.74) is 4.54. The third-order valence-electron chi connectivity index (χ3n) is 11.8. The largest absolute Gasteiger partial charge is 0.370 e. The van der Waals surface area contributed by atoms with Gasteiger partial charge in [-0.15, -0.1) is 0 Å². The smallest absolute Gasteiger partial charge is 0.206 e. The highest BCUT2D eigenvalue weighted by molar-refractivity contribution is 7.91. The molecule has 2 saturated heterocycles. The van der Waals surface area contributed by atoms with Crippen molar-refractivity contribution in [1.29, 1.82) is 0 Å². The standard InChI is InChI=1S/C21H26N2O2S.C20H23FN2O2S/c1-14-12-22-13-15(2)21-20(14)18-11-17(9-10-19(18)23(21)3)26(24,25)16-7-5-4-6-8-16;1-13-12-22-9-8-17-18-11-16(6-7-19(18)23(2)20(13)17)26(24,25)15-5-3-4-14(21)10-15/h4-11,14-15,20-22H,12-13H2,1-3H3;3-7,10-11,13,17,20,22H,8-9,12H2,1-2H3/t14?,15?,20-,21+;13?,17-,20+/m11/s1. The number of hydrogen-bond acceptors (Lipinski definition) is 8. The zero-order valence-electron chi connectivity index (χ0n) is 30.5. The first-order valence-corrected chi connectivity index (χ1v) is 21.2. The molecule has 52 heavy (non-hydrogen) atoms. The summed E-state index contributed by atoms with van der Waals surface area (Å²) >= 11 is 0. The van der Waals surface area contributed by atoms with E-state index in [0.717, 1.165) is 49.9 Å². The maximum absolute atomic E-state index is 13.5. The van der Waals surface area contributed by atoms with Gasteiger partial charge in [0, 0.05) is 49.4 Å². The lowest BCUT2D eigenvalue weighted by Gasteiger charge is -2.32. The number of nitrogens with one attached hydrogen (secondary N) is 2. The van der Waals surface area contributed by atoms with Crippen LogP contribution in [0.3, 0.4) is 0 Å². The van der Waals surface area contributed by atoms with Crippen LogP contribution in [-0.4, -0.2) is 69.2 Å². The minimum absolute atomic E-state index is 0.00347. The average Bonchev–Trinajstić information content (AvgIpc) is 3.42. The van der Waals surface area contributed by atoms with Crippen LogP contribution < -0.4 is 20.4 Å². The van der Waals surface area contributed by atoms with Crippen LogP contribution in [0.4, 0.5) is 15.8 Å². The predicted octanol–water partition coefficient (Wildman–Crippen LogP) is 6.49. The fraction of sp³-hybridized carbons (Fsp3) is 0.415. The van der Waals surface area contributed by atoms with Gasteiger partial charge in [-0.25, -0.2) is 21.2 Å². The van der Waals surface area contributed by atoms with E-state index in [-0.39, 0.29) is 9.79 Å². The van der Waals surface area contributed by atoms with Crippen molar-refractivity contribution in [2.24, 2.45) is 17.8 Å². The molecule has 2 N–H and O–H groups in total. The number of fused-ring (bicyclic) bond motifs is 6. The van der Waals surface area contributed by atoms with Gasteiger partial charge in [-0.3, -0.25) is 0 Å². The molecule has 7 atom stereocenters. The zero-order valence-corrected chi connectivity index (χ0v) is 32.1. The molecule has 11 heteroatoms. The second kappa shape index (κ2) is 14.2. The molecule has 0 radical (unpaired) electrons. The quantitative estimate of drug-likeness (QED) is 0.245. The molecular weight excluding hydrogens is 696 g/mol. The number of likely N-dealkylation sites (N-methyl/N-ethyl adjacent to an activating group) is 2. The molecule has 0 bridgehead atoms. The van der Waals surface area contributed by atoms with E-state index in [1.807, 2.05) is 24.3 Å². The van der Waals surface area contributed by atoms with E-state index in [4.69, 9.17) is 0 Å². The van der Waals surface area contributed by atoms with Crippen molar-refractivity contribution in [2.45, 2.75) is 70.7 Å². The summed E-state index contributed by atoms with van der Waals surface area (Å²) in [6, 6.07) is 25.7. The number of sulfone groups is 2. The van der Waals surface area contributed by atoms with E-state index in [0.29, 0.717) is 51.5 Å². The lowest BCUT2D eigenvalue weighted by atomic mass is 9.80. The van der Waals surface area contributed by atoms with Crippen molar-refractivity contribution in [3.8, 4) is 0 Å². The van der Waals surface area contributed by atoms with Crippen molar-refractivity contribution < 1.29 is 21.2 Å². The Labute approximate surface area is 308 Å². The molecule has 3 unspecified atom stereocenters. The number of benzene rings is 4. The van der Waals surface area contributed by atoms with Crippen molar-refractivity contribution in [3.05, 3.63) is 108 Å². The monoisotopic (exact) mass is 744 g/mol. The lowest BCUT2D eigenvalue weighted by molar-refractivity contribution is 0.374. The van der Waals surface area contributed by atoms with Gasteiger partial charge in [0.25, 0.3) is 0 Å². The normalized spacial score (nSPS) is 26.9. The maximum atomic E-state index is 13.5. The Morgan fingerprint density at radius 2 is 1.13 bits per heavy atom. The van der Waals surface area contributed by atoms with Crippen molar-refractivity contribution >= 4 is 31.0 Å². The summed E-state index contributed by atoms with van der Waals surface area (Å²) in [5.74, 6) is 1.56. The molecule has 4 aromatic carbocycles. The van der Waals surface area contributed by atoms with Gasteiger partial charge in [0.1, 0.15) is 5.82 Å². The third kappa shape index (κ3) is 6.44. The Kier molecular flexibility index (Phi) is 10.0. The molecule has 2 fully saturated rings. The Hall–Kier alpha value is -3.77. The maximum Gasteiger partial charge on any atom is 0.206 e. The molecular formula is C41H49FN4O4S2. The molecule has 0 spiro atoms. The Morgan fingerprint density at radius 3 is 1.83 bits per heavy atom. The van der Waals surface area contributed by atoms with E-state index in [1.54, 1.807) is 42.5 Å². The highest BCUT2D eigenvalue weighted by Gasteiger charge is 2.44. The van der Waals surface area contributed by atoms with E-state index in [9.17, 15) is 21.2 Å². The van der Waals surface area contributed by atoms with Gasteiger partial charge >= 0.3 is 0 Å². The van der Waals surface area contributed by atoms with Gasteiger partial charge in [-0.2, -0.15) is 0 Å². The average molecular weight is 745 g/mol. The predicted molar refractivity (Wildman–Crippen MR) is 204 cm³/mol. The summed E-state index contributed by atoms with van der Waals surface area (Å²) in [5, 5.41) is 7.02. The third-order valence-corrected chi connectivity index (χ3v) is 15.3. The Morgan fingerprint density at radius 1 is 0.596 bits per heavy atom. The number of nitrogens with zero attached hydrogens (tertiary/aromatic N) is 2. The molecule has 4 heterocycles. The van der Waals surface area contributed by atoms with Gasteiger partial charge in [0.2, 0.25) is 19.7 Å². The lowest BCUT2D eigenvalue weighted by Crippen LogP contribution is -2.39. The van der Waals surface area contributed by atoms with Crippen LogP contribution in [0.15, 0.2) is 111 Å². The molecule has 0 aliphatic carbocycles. The topological polar surface area (TPSA) is 98.8 Å². The van der Waals surface area contributed by atoms with Crippen molar-refractivity contribution in [3.63, 3.8) is 0 Å². The van der Waals surface area contributed by atoms with Gasteiger partial charge in [0.05, 0.1) is 19.6 Å². The molecule has 0 aromatic heterocycles. The van der Waals surface area contributed by atoms with Crippen LogP contribution in [-0.2, 0) is 19.7 Å². The van der Waals surface area contributed by atoms with E-state index >= 15 is 0 Å². The van der Waals surface area contributed by atoms with E-state index in [2.05, 4.69) is 55.3 Å². The fourth-order valence-electron chi connectivity index (χ4n) is 9.29. The molecule has 4 aromatic rings. The minimum atomic E-state index is -3.74. The first kappa shape index (κ1) is 36.6. The second-order valence-electron chi connectivity index (χ2n) is 15.1. The SMILES string of the molecule is CC1CNCC(C)[C@H]2[C@H]1c1cc(S(=O)(=O)c3ccccc3)ccc1N2C.CC1CNCC[C@@H]2c3cc(S(=O)(=O)c4cccc(F)c4)ccc3N(C)[C@@H]12. The molecule has 276 valence electrons. The summed E-state index contributed by atoms with van der Waals surface area (Å²) in [6.45, 7) is 10.7. The van der Waals surface area contributed by atoms with Crippen LogP contribution in [0.1, 0.15) is 50.2 Å². The summed E-state index contributed by atoms with van der Waals surface area (Å²) in [6.07, 6.45) is 0.982. The summed E-state index contributed by atoms with van der Waals surface area (Å²) in [7, 11) is -2.99. The zero-order chi connectivity index (χ0) is 36.9. The number of rotatable bonds is 4. The minimum Gasteiger partial charge on any atom is -0.370 e. The molecule has 0 amide bonds. The van der Waals surface area contributed by atoms with Gasteiger partial charge in [-0.05, 0) is 128 Å². The van der Waals surface area contributed by atoms with Crippen molar-refractivity contribution in [1.82, 2.24) is 10.6 Å². The van der Waals surface area contributed by atoms with Crippen LogP contribution >= 0.6 is 0 Å². The van der Waals surface area contributed by atoms with E-state index < -0.39 is 25.5 Å². The van der Waals surface area contributed by atoms with Crippen molar-refractivity contribution in [2.75, 3.05) is 50.1 Å². The van der Waals surface area contributed by atoms with Crippen LogP contribution in [0.2, 0.25) is 0 Å². The Balaban J connectivity index is 0.000000162. The van der Waals surface area contributed by atoms with E-state index in [1.165, 1.54) is 29.4 Å². The summed E-state index contributed by atoms with van der Waals surface area (Å²) < 4.78 is 65.6. The van der Waals surface area contributed by atoms with Crippen LogP contribution in [0, 0.1) is 23.6 Å². The molecule has 4 aliphatic rings. The first-order valence-electron chi connectivity index (χ1n) is 18.3. The highest BCUT2D eigenvalue weighted by Crippen LogP contribution is 2.49. The highest BCUT2D eigenvalue weighted by atomic mass is 32.2.